The molecule has 1 saturated heterocycles. The molecule has 78 valence electrons. The van der Waals surface area contributed by atoms with Crippen LogP contribution in [0.25, 0.3) is 0 Å². The third-order valence-electron chi connectivity index (χ3n) is 3.17. The van der Waals surface area contributed by atoms with Crippen molar-refractivity contribution in [2.45, 2.75) is 26.0 Å². The van der Waals surface area contributed by atoms with Gasteiger partial charge >= 0.3 is 0 Å². The van der Waals surface area contributed by atoms with Crippen LogP contribution in [0.3, 0.4) is 0 Å². The van der Waals surface area contributed by atoms with Crippen molar-refractivity contribution in [2.24, 2.45) is 7.05 Å². The normalized spacial score (nSPS) is 20.9. The zero-order chi connectivity index (χ0) is 10.3. The highest BCUT2D eigenvalue weighted by Crippen LogP contribution is 2.27. The van der Waals surface area contributed by atoms with Crippen LogP contribution in [0.15, 0.2) is 12.3 Å². The molecule has 1 N–H and O–H groups in total. The van der Waals surface area contributed by atoms with Crippen LogP contribution in [0.1, 0.15) is 24.2 Å². The summed E-state index contributed by atoms with van der Waals surface area (Å²) in [6.07, 6.45) is 1.98. The molecule has 1 atom stereocenters. The number of rotatable bonds is 2. The number of aliphatic hydroxyl groups is 1. The van der Waals surface area contributed by atoms with Crippen LogP contribution in [0, 0.1) is 6.92 Å². The quantitative estimate of drug-likeness (QED) is 0.763. The largest absolute Gasteiger partial charge is 0.390 e. The van der Waals surface area contributed by atoms with Crippen molar-refractivity contribution in [1.29, 1.82) is 0 Å². The molecule has 0 radical (unpaired) electrons. The predicted octanol–water partition coefficient (Wildman–Crippen LogP) is 1.07. The van der Waals surface area contributed by atoms with E-state index in [1.807, 2.05) is 0 Å². The Bertz CT molecular complexity index is 307. The summed E-state index contributed by atoms with van der Waals surface area (Å²) in [5.74, 6) is 0. The smallest absolute Gasteiger partial charge is 0.0794 e. The standard InChI is InChI=1S/C11H18N2O/c1-8-4-5-12(3)11(8)9(2)13-6-10(14)7-13/h4-5,9-10,14H,6-7H2,1-3H3. The number of aryl methyl sites for hydroxylation is 2. The molecule has 1 aliphatic rings. The van der Waals surface area contributed by atoms with Gasteiger partial charge in [-0.05, 0) is 25.5 Å². The first-order chi connectivity index (χ1) is 6.59. The summed E-state index contributed by atoms with van der Waals surface area (Å²) in [6.45, 7) is 5.97. The van der Waals surface area contributed by atoms with E-state index < -0.39 is 0 Å². The van der Waals surface area contributed by atoms with E-state index in [4.69, 9.17) is 0 Å². The van der Waals surface area contributed by atoms with E-state index in [1.165, 1.54) is 11.3 Å². The van der Waals surface area contributed by atoms with Crippen molar-refractivity contribution in [3.63, 3.8) is 0 Å². The Morgan fingerprint density at radius 1 is 1.50 bits per heavy atom. The highest BCUT2D eigenvalue weighted by atomic mass is 16.3. The maximum absolute atomic E-state index is 9.25. The minimum absolute atomic E-state index is 0.113. The molecule has 2 heterocycles. The molecule has 0 amide bonds. The molecular weight excluding hydrogens is 176 g/mol. The van der Waals surface area contributed by atoms with Crippen molar-refractivity contribution >= 4 is 0 Å². The Labute approximate surface area is 85.0 Å². The highest BCUT2D eigenvalue weighted by Gasteiger charge is 2.30. The van der Waals surface area contributed by atoms with Crippen molar-refractivity contribution < 1.29 is 5.11 Å². The van der Waals surface area contributed by atoms with E-state index in [1.54, 1.807) is 0 Å². The van der Waals surface area contributed by atoms with Gasteiger partial charge in [0.2, 0.25) is 0 Å². The van der Waals surface area contributed by atoms with E-state index in [0.717, 1.165) is 13.1 Å². The molecule has 0 bridgehead atoms. The summed E-state index contributed by atoms with van der Waals surface area (Å²) < 4.78 is 2.17. The Hall–Kier alpha value is -0.800. The minimum Gasteiger partial charge on any atom is -0.390 e. The van der Waals surface area contributed by atoms with Crippen LogP contribution >= 0.6 is 0 Å². The van der Waals surface area contributed by atoms with Crippen molar-refractivity contribution in [1.82, 2.24) is 9.47 Å². The van der Waals surface area contributed by atoms with Crippen LogP contribution < -0.4 is 0 Å². The average Bonchev–Trinajstić information content (AvgIpc) is 2.40. The van der Waals surface area contributed by atoms with Gasteiger partial charge in [0.1, 0.15) is 0 Å². The number of β-amino-alcohol motifs (C(OH)–C–C–N with tert-alkyl or cyclic N) is 1. The van der Waals surface area contributed by atoms with Crippen molar-refractivity contribution in [2.75, 3.05) is 13.1 Å². The number of hydrogen-bond donors (Lipinski definition) is 1. The van der Waals surface area contributed by atoms with Gasteiger partial charge in [0, 0.05) is 38.1 Å². The van der Waals surface area contributed by atoms with Gasteiger partial charge in [0.25, 0.3) is 0 Å². The molecule has 3 nitrogen and oxygen atoms in total. The van der Waals surface area contributed by atoms with Crippen LogP contribution in [0.4, 0.5) is 0 Å². The molecule has 1 unspecified atom stereocenters. The van der Waals surface area contributed by atoms with Crippen molar-refractivity contribution in [3.8, 4) is 0 Å². The summed E-state index contributed by atoms with van der Waals surface area (Å²) in [5.41, 5.74) is 2.69. The lowest BCUT2D eigenvalue weighted by Gasteiger charge is -2.40. The van der Waals surface area contributed by atoms with E-state index in [2.05, 4.69) is 42.6 Å². The average molecular weight is 194 g/mol. The first-order valence-corrected chi connectivity index (χ1v) is 5.13. The summed E-state index contributed by atoms with van der Waals surface area (Å²) in [7, 11) is 2.08. The molecule has 1 aromatic heterocycles. The van der Waals surface area contributed by atoms with Gasteiger partial charge in [-0.1, -0.05) is 0 Å². The predicted molar refractivity (Wildman–Crippen MR) is 56.1 cm³/mol. The Morgan fingerprint density at radius 2 is 2.14 bits per heavy atom. The monoisotopic (exact) mass is 194 g/mol. The Morgan fingerprint density at radius 3 is 2.57 bits per heavy atom. The lowest BCUT2D eigenvalue weighted by molar-refractivity contribution is -0.0227. The fraction of sp³-hybridized carbons (Fsp3) is 0.636. The fourth-order valence-electron chi connectivity index (χ4n) is 2.27. The van der Waals surface area contributed by atoms with E-state index in [9.17, 15) is 5.11 Å². The summed E-state index contributed by atoms with van der Waals surface area (Å²) in [6, 6.07) is 2.56. The molecule has 2 rings (SSSR count). The molecule has 3 heteroatoms. The topological polar surface area (TPSA) is 28.4 Å². The summed E-state index contributed by atoms with van der Waals surface area (Å²) in [4.78, 5) is 2.30. The van der Waals surface area contributed by atoms with Gasteiger partial charge in [-0.25, -0.2) is 0 Å². The fourth-order valence-corrected chi connectivity index (χ4v) is 2.27. The third kappa shape index (κ3) is 1.47. The van der Waals surface area contributed by atoms with E-state index in [-0.39, 0.29) is 6.10 Å². The van der Waals surface area contributed by atoms with Crippen LogP contribution in [0.2, 0.25) is 0 Å². The molecule has 14 heavy (non-hydrogen) atoms. The second kappa shape index (κ2) is 3.41. The third-order valence-corrected chi connectivity index (χ3v) is 3.17. The number of aliphatic hydroxyl groups excluding tert-OH is 1. The highest BCUT2D eigenvalue weighted by molar-refractivity contribution is 5.23. The number of hydrogen-bond acceptors (Lipinski definition) is 2. The SMILES string of the molecule is Cc1ccn(C)c1C(C)N1CC(O)C1. The van der Waals surface area contributed by atoms with E-state index >= 15 is 0 Å². The van der Waals surface area contributed by atoms with Crippen molar-refractivity contribution in [3.05, 3.63) is 23.5 Å². The van der Waals surface area contributed by atoms with Gasteiger partial charge in [0.05, 0.1) is 6.10 Å². The van der Waals surface area contributed by atoms with Gasteiger partial charge in [-0.2, -0.15) is 0 Å². The Balaban J connectivity index is 2.15. The van der Waals surface area contributed by atoms with Crippen LogP contribution in [-0.2, 0) is 7.05 Å². The molecule has 1 aromatic rings. The first kappa shape index (κ1) is 9.74. The van der Waals surface area contributed by atoms with Gasteiger partial charge in [-0.3, -0.25) is 4.90 Å². The molecule has 0 saturated carbocycles. The van der Waals surface area contributed by atoms with Gasteiger partial charge < -0.3 is 9.67 Å². The number of aromatic nitrogens is 1. The lowest BCUT2D eigenvalue weighted by atomic mass is 10.0. The van der Waals surface area contributed by atoms with E-state index in [0.29, 0.717) is 6.04 Å². The number of nitrogens with zero attached hydrogens (tertiary/aromatic N) is 2. The van der Waals surface area contributed by atoms with Gasteiger partial charge in [-0.15, -0.1) is 0 Å². The molecule has 1 fully saturated rings. The summed E-state index contributed by atoms with van der Waals surface area (Å²) >= 11 is 0. The molecular formula is C11H18N2O. The molecule has 1 aliphatic heterocycles. The molecule has 0 aromatic carbocycles. The lowest BCUT2D eigenvalue weighted by Crippen LogP contribution is -2.51. The second-order valence-corrected chi connectivity index (χ2v) is 4.28. The Kier molecular flexibility index (Phi) is 2.37. The van der Waals surface area contributed by atoms with Crippen LogP contribution in [0.5, 0.6) is 0 Å². The minimum atomic E-state index is -0.113. The molecule has 0 aliphatic carbocycles. The van der Waals surface area contributed by atoms with Crippen LogP contribution in [-0.4, -0.2) is 33.8 Å². The summed E-state index contributed by atoms with van der Waals surface area (Å²) in [5, 5.41) is 9.25. The first-order valence-electron chi connectivity index (χ1n) is 5.13. The number of likely N-dealkylation sites (tertiary alicyclic amines) is 1. The van der Waals surface area contributed by atoms with Gasteiger partial charge in [0.15, 0.2) is 0 Å². The second-order valence-electron chi connectivity index (χ2n) is 4.28. The zero-order valence-electron chi connectivity index (χ0n) is 9.07. The maximum atomic E-state index is 9.25. The zero-order valence-corrected chi connectivity index (χ0v) is 9.07. The molecule has 0 spiro atoms. The maximum Gasteiger partial charge on any atom is 0.0794 e.